The highest BCUT2D eigenvalue weighted by atomic mass is 35.5. The molecule has 0 N–H and O–H groups in total. The van der Waals surface area contributed by atoms with Gasteiger partial charge in [0.1, 0.15) is 0 Å². The number of hydrogen-bond donors (Lipinski definition) is 0. The van der Waals surface area contributed by atoms with Gasteiger partial charge in [0.15, 0.2) is 0 Å². The van der Waals surface area contributed by atoms with Crippen LogP contribution in [0.2, 0.25) is 5.28 Å². The molecule has 0 spiro atoms. The molecule has 1 aromatic carbocycles. The molecule has 0 saturated carbocycles. The molecule has 2 heterocycles. The van der Waals surface area contributed by atoms with E-state index in [1.54, 1.807) is 31.0 Å². The van der Waals surface area contributed by atoms with Crippen molar-refractivity contribution >= 4 is 11.6 Å². The third-order valence-corrected chi connectivity index (χ3v) is 2.36. The minimum atomic E-state index is 0.279. The van der Waals surface area contributed by atoms with Gasteiger partial charge in [-0.2, -0.15) is 0 Å². The van der Waals surface area contributed by atoms with Crippen LogP contribution in [0.15, 0.2) is 67.4 Å². The van der Waals surface area contributed by atoms with E-state index >= 15 is 0 Å². The van der Waals surface area contributed by atoms with Crippen molar-refractivity contribution in [3.8, 4) is 11.3 Å². The number of halogens is 1. The highest BCUT2D eigenvalue weighted by Crippen LogP contribution is 2.16. The summed E-state index contributed by atoms with van der Waals surface area (Å²) in [5.41, 5.74) is 1.90. The van der Waals surface area contributed by atoms with Gasteiger partial charge in [-0.15, -0.1) is 0 Å². The van der Waals surface area contributed by atoms with Crippen LogP contribution in [-0.2, 0) is 0 Å². The molecule has 0 amide bonds. The number of rotatable bonds is 1. The quantitative estimate of drug-likeness (QED) is 0.637. The standard InChI is InChI=1S/C10H7ClN2.C4H4N2/c11-10-12-7-6-9(13-10)8-4-2-1-3-5-8;1-2-6-4-3-5-1/h1-7H;1-4H. The van der Waals surface area contributed by atoms with E-state index in [-0.39, 0.29) is 5.28 Å². The van der Waals surface area contributed by atoms with E-state index in [1.165, 1.54) is 0 Å². The molecule has 0 saturated heterocycles. The van der Waals surface area contributed by atoms with Crippen molar-refractivity contribution in [2.75, 3.05) is 0 Å². The second-order valence-electron chi connectivity index (χ2n) is 3.47. The first kappa shape index (κ1) is 13.1. The van der Waals surface area contributed by atoms with Crippen LogP contribution in [0.4, 0.5) is 0 Å². The molecular weight excluding hydrogens is 260 g/mol. The van der Waals surface area contributed by atoms with Crippen molar-refractivity contribution in [3.05, 3.63) is 72.7 Å². The second-order valence-corrected chi connectivity index (χ2v) is 3.81. The summed E-state index contributed by atoms with van der Waals surface area (Å²) in [6, 6.07) is 11.7. The van der Waals surface area contributed by atoms with Crippen LogP contribution < -0.4 is 0 Å². The number of nitrogens with zero attached hydrogens (tertiary/aromatic N) is 4. The second kappa shape index (κ2) is 7.18. The summed E-state index contributed by atoms with van der Waals surface area (Å²) in [5, 5.41) is 0.279. The molecule has 0 aliphatic rings. The highest BCUT2D eigenvalue weighted by molar-refractivity contribution is 6.28. The van der Waals surface area contributed by atoms with Crippen molar-refractivity contribution in [2.45, 2.75) is 0 Å². The van der Waals surface area contributed by atoms with Gasteiger partial charge in [0.2, 0.25) is 5.28 Å². The topological polar surface area (TPSA) is 51.6 Å². The highest BCUT2D eigenvalue weighted by Gasteiger charge is 1.98. The Hall–Kier alpha value is -2.33. The third-order valence-electron chi connectivity index (χ3n) is 2.17. The van der Waals surface area contributed by atoms with Crippen LogP contribution in [-0.4, -0.2) is 19.9 Å². The van der Waals surface area contributed by atoms with E-state index in [1.807, 2.05) is 36.4 Å². The van der Waals surface area contributed by atoms with Crippen molar-refractivity contribution in [1.82, 2.24) is 19.9 Å². The average Bonchev–Trinajstić information content (AvgIpc) is 2.51. The summed E-state index contributed by atoms with van der Waals surface area (Å²) in [4.78, 5) is 15.4. The summed E-state index contributed by atoms with van der Waals surface area (Å²) >= 11 is 5.67. The van der Waals surface area contributed by atoms with Crippen molar-refractivity contribution in [3.63, 3.8) is 0 Å². The van der Waals surface area contributed by atoms with Gasteiger partial charge in [0.05, 0.1) is 5.69 Å². The largest absolute Gasteiger partial charge is 0.262 e. The van der Waals surface area contributed by atoms with E-state index < -0.39 is 0 Å². The van der Waals surface area contributed by atoms with E-state index in [0.29, 0.717) is 0 Å². The van der Waals surface area contributed by atoms with E-state index in [2.05, 4.69) is 19.9 Å². The van der Waals surface area contributed by atoms with Gasteiger partial charge in [0.25, 0.3) is 0 Å². The minimum absolute atomic E-state index is 0.279. The Bertz CT molecular complexity index is 575. The Balaban J connectivity index is 0.000000186. The monoisotopic (exact) mass is 270 g/mol. The first-order chi connectivity index (χ1) is 9.36. The van der Waals surface area contributed by atoms with Gasteiger partial charge in [-0.25, -0.2) is 9.97 Å². The lowest BCUT2D eigenvalue weighted by Gasteiger charge is -1.98. The Morgan fingerprint density at radius 3 is 1.89 bits per heavy atom. The van der Waals surface area contributed by atoms with Gasteiger partial charge in [-0.1, -0.05) is 30.3 Å². The minimum Gasteiger partial charge on any atom is -0.262 e. The van der Waals surface area contributed by atoms with E-state index in [4.69, 9.17) is 11.6 Å². The molecule has 0 aliphatic carbocycles. The summed E-state index contributed by atoms with van der Waals surface area (Å²) in [6.07, 6.45) is 8.21. The van der Waals surface area contributed by atoms with E-state index in [0.717, 1.165) is 11.3 Å². The van der Waals surface area contributed by atoms with Crippen LogP contribution in [0.3, 0.4) is 0 Å². The predicted octanol–water partition coefficient (Wildman–Crippen LogP) is 3.27. The zero-order valence-electron chi connectivity index (χ0n) is 10.0. The fourth-order valence-electron chi connectivity index (χ4n) is 1.36. The molecule has 0 aliphatic heterocycles. The lowest BCUT2D eigenvalue weighted by Crippen LogP contribution is -1.85. The van der Waals surface area contributed by atoms with Crippen molar-refractivity contribution in [2.24, 2.45) is 0 Å². The predicted molar refractivity (Wildman–Crippen MR) is 74.5 cm³/mol. The van der Waals surface area contributed by atoms with Gasteiger partial charge in [-0.05, 0) is 17.7 Å². The van der Waals surface area contributed by atoms with Crippen molar-refractivity contribution < 1.29 is 0 Å². The van der Waals surface area contributed by atoms with Gasteiger partial charge >= 0.3 is 0 Å². The smallest absolute Gasteiger partial charge is 0.222 e. The van der Waals surface area contributed by atoms with Crippen LogP contribution in [0, 0.1) is 0 Å². The zero-order chi connectivity index (χ0) is 13.3. The van der Waals surface area contributed by atoms with Crippen molar-refractivity contribution in [1.29, 1.82) is 0 Å². The Labute approximate surface area is 116 Å². The molecule has 2 aromatic heterocycles. The maximum Gasteiger partial charge on any atom is 0.222 e. The summed E-state index contributed by atoms with van der Waals surface area (Å²) in [6.45, 7) is 0. The molecule has 0 unspecified atom stereocenters. The van der Waals surface area contributed by atoms with Crippen LogP contribution in [0.5, 0.6) is 0 Å². The van der Waals surface area contributed by atoms with Crippen LogP contribution >= 0.6 is 11.6 Å². The number of benzene rings is 1. The van der Waals surface area contributed by atoms with Crippen LogP contribution in [0.25, 0.3) is 11.3 Å². The van der Waals surface area contributed by atoms with Gasteiger partial charge < -0.3 is 0 Å². The normalized spacial score (nSPS) is 9.32. The molecule has 3 aromatic rings. The zero-order valence-corrected chi connectivity index (χ0v) is 10.8. The van der Waals surface area contributed by atoms with Crippen LogP contribution in [0.1, 0.15) is 0 Å². The first-order valence-corrected chi connectivity index (χ1v) is 5.98. The fourth-order valence-corrected chi connectivity index (χ4v) is 1.51. The SMILES string of the molecule is Clc1nccc(-c2ccccc2)n1.c1cnccn1. The lowest BCUT2D eigenvalue weighted by atomic mass is 10.1. The molecule has 4 nitrogen and oxygen atoms in total. The number of hydrogen-bond acceptors (Lipinski definition) is 4. The molecule has 0 radical (unpaired) electrons. The fraction of sp³-hybridized carbons (Fsp3) is 0. The molecule has 0 bridgehead atoms. The third kappa shape index (κ3) is 4.44. The molecule has 0 atom stereocenters. The summed E-state index contributed by atoms with van der Waals surface area (Å²) in [7, 11) is 0. The molecule has 5 heteroatoms. The Kier molecular flexibility index (Phi) is 4.96. The average molecular weight is 271 g/mol. The molecule has 3 rings (SSSR count). The molecule has 94 valence electrons. The van der Waals surface area contributed by atoms with E-state index in [9.17, 15) is 0 Å². The maximum absolute atomic E-state index is 5.67. The summed E-state index contributed by atoms with van der Waals surface area (Å²) < 4.78 is 0. The number of aromatic nitrogens is 4. The molecule has 19 heavy (non-hydrogen) atoms. The summed E-state index contributed by atoms with van der Waals surface area (Å²) in [5.74, 6) is 0. The Morgan fingerprint density at radius 1 is 0.737 bits per heavy atom. The molecular formula is C14H11ClN4. The van der Waals surface area contributed by atoms with Gasteiger partial charge in [0, 0.05) is 36.5 Å². The van der Waals surface area contributed by atoms with Gasteiger partial charge in [-0.3, -0.25) is 9.97 Å². The Morgan fingerprint density at radius 2 is 1.37 bits per heavy atom. The first-order valence-electron chi connectivity index (χ1n) is 5.60. The molecule has 0 fully saturated rings. The maximum atomic E-state index is 5.67. The lowest BCUT2D eigenvalue weighted by molar-refractivity contribution is 1.17.